The van der Waals surface area contributed by atoms with Crippen LogP contribution in [0.1, 0.15) is 55.4 Å². The molecule has 0 bridgehead atoms. The molecule has 1 amide bonds. The summed E-state index contributed by atoms with van der Waals surface area (Å²) in [6.07, 6.45) is 10.3. The van der Waals surface area contributed by atoms with Gasteiger partial charge in [-0.3, -0.25) is 9.59 Å². The number of rotatable bonds is 6. The van der Waals surface area contributed by atoms with Gasteiger partial charge in [-0.1, -0.05) is 0 Å². The minimum absolute atomic E-state index is 0. The van der Waals surface area contributed by atoms with E-state index in [1.165, 1.54) is 20.0 Å². The lowest BCUT2D eigenvalue weighted by Gasteiger charge is -2.27. The zero-order chi connectivity index (χ0) is 18.4. The van der Waals surface area contributed by atoms with Crippen molar-refractivity contribution >= 4 is 36.7 Å². The minimum Gasteiger partial charge on any atom is -0.469 e. The number of esters is 1. The highest BCUT2D eigenvalue weighted by atomic mass is 35.5. The summed E-state index contributed by atoms with van der Waals surface area (Å²) >= 11 is 0. The van der Waals surface area contributed by atoms with Crippen molar-refractivity contribution in [3.63, 3.8) is 0 Å². The molecule has 0 radical (unpaired) electrons. The van der Waals surface area contributed by atoms with E-state index in [0.29, 0.717) is 5.69 Å². The van der Waals surface area contributed by atoms with Crippen molar-refractivity contribution in [2.24, 2.45) is 11.8 Å². The van der Waals surface area contributed by atoms with Crippen molar-refractivity contribution in [3.05, 3.63) is 18.2 Å². The molecule has 0 unspecified atom stereocenters. The number of nitrogens with zero attached hydrogens (tertiary/aromatic N) is 2. The average Bonchev–Trinajstić information content (AvgIpc) is 3.16. The largest absolute Gasteiger partial charge is 0.469 e. The highest BCUT2D eigenvalue weighted by molar-refractivity contribution is 5.92. The molecule has 2 N–H and O–H groups in total. The van der Waals surface area contributed by atoms with E-state index in [9.17, 15) is 9.59 Å². The summed E-state index contributed by atoms with van der Waals surface area (Å²) in [7, 11) is 1.43. The number of halogens is 2. The van der Waals surface area contributed by atoms with Crippen molar-refractivity contribution in [2.75, 3.05) is 20.2 Å². The number of ether oxygens (including phenoxy) is 1. The van der Waals surface area contributed by atoms with Crippen LogP contribution in [0.4, 0.5) is 0 Å². The minimum atomic E-state index is -0.137. The third-order valence-corrected chi connectivity index (χ3v) is 5.72. The number of nitrogens with one attached hydrogen (secondary N) is 2. The van der Waals surface area contributed by atoms with Gasteiger partial charge in [0.05, 0.1) is 19.4 Å². The predicted octanol–water partition coefficient (Wildman–Crippen LogP) is 2.58. The van der Waals surface area contributed by atoms with E-state index in [4.69, 9.17) is 4.74 Å². The zero-order valence-corrected chi connectivity index (χ0v) is 18.0. The number of piperidine rings is 1. The predicted molar refractivity (Wildman–Crippen MR) is 112 cm³/mol. The van der Waals surface area contributed by atoms with Crippen LogP contribution in [0.3, 0.4) is 0 Å². The Hall–Kier alpha value is -1.31. The quantitative estimate of drug-likeness (QED) is 0.671. The van der Waals surface area contributed by atoms with Gasteiger partial charge in [0.1, 0.15) is 5.69 Å². The Labute approximate surface area is 179 Å². The molecule has 2 aliphatic rings. The molecular formula is C19H32Cl2N4O3. The molecule has 160 valence electrons. The highest BCUT2D eigenvalue weighted by Gasteiger charge is 2.28. The second kappa shape index (κ2) is 12.3. The van der Waals surface area contributed by atoms with Crippen molar-refractivity contribution in [1.82, 2.24) is 20.2 Å². The van der Waals surface area contributed by atoms with E-state index < -0.39 is 0 Å². The van der Waals surface area contributed by atoms with Gasteiger partial charge in [-0.2, -0.15) is 0 Å². The SMILES string of the molecule is COC(=O)C1CCC(NC(=O)c2cn(CCC3CCNCC3)cn2)CC1.Cl.Cl. The second-order valence-corrected chi connectivity index (χ2v) is 7.52. The zero-order valence-electron chi connectivity index (χ0n) is 16.4. The summed E-state index contributed by atoms with van der Waals surface area (Å²) in [5, 5.41) is 6.44. The average molecular weight is 435 g/mol. The van der Waals surface area contributed by atoms with Gasteiger partial charge in [0.25, 0.3) is 5.91 Å². The summed E-state index contributed by atoms with van der Waals surface area (Å²) in [4.78, 5) is 28.3. The number of aryl methyl sites for hydroxylation is 1. The molecule has 0 atom stereocenters. The van der Waals surface area contributed by atoms with Crippen LogP contribution in [-0.2, 0) is 16.1 Å². The van der Waals surface area contributed by atoms with Crippen molar-refractivity contribution in [3.8, 4) is 0 Å². The molecule has 1 saturated heterocycles. The number of methoxy groups -OCH3 is 1. The van der Waals surface area contributed by atoms with Crippen LogP contribution >= 0.6 is 24.8 Å². The van der Waals surface area contributed by atoms with Crippen LogP contribution in [0.25, 0.3) is 0 Å². The van der Waals surface area contributed by atoms with Crippen LogP contribution in [0.2, 0.25) is 0 Å². The summed E-state index contributed by atoms with van der Waals surface area (Å²) in [6.45, 7) is 3.14. The Kier molecular flexibility index (Phi) is 10.9. The maximum Gasteiger partial charge on any atom is 0.308 e. The molecule has 1 aromatic rings. The summed E-state index contributed by atoms with van der Waals surface area (Å²) in [5.41, 5.74) is 0.477. The molecule has 28 heavy (non-hydrogen) atoms. The Morgan fingerprint density at radius 2 is 1.86 bits per heavy atom. The standard InChI is InChI=1S/C19H30N4O3.2ClH/c1-26-19(25)15-2-4-16(5-3-15)22-18(24)17-12-23(13-21-17)11-8-14-6-9-20-10-7-14;;/h12-16,20H,2-11H2,1H3,(H,22,24);2*1H. The number of aromatic nitrogens is 2. The molecular weight excluding hydrogens is 403 g/mol. The van der Waals surface area contributed by atoms with E-state index in [-0.39, 0.29) is 48.7 Å². The van der Waals surface area contributed by atoms with Crippen LogP contribution < -0.4 is 10.6 Å². The van der Waals surface area contributed by atoms with Crippen molar-refractivity contribution in [2.45, 2.75) is 57.5 Å². The number of imidazole rings is 1. The molecule has 1 aliphatic heterocycles. The molecule has 0 spiro atoms. The second-order valence-electron chi connectivity index (χ2n) is 7.52. The highest BCUT2D eigenvalue weighted by Crippen LogP contribution is 2.25. The van der Waals surface area contributed by atoms with Gasteiger partial charge in [0.15, 0.2) is 0 Å². The van der Waals surface area contributed by atoms with Gasteiger partial charge in [0.2, 0.25) is 0 Å². The molecule has 3 rings (SSSR count). The van der Waals surface area contributed by atoms with E-state index in [2.05, 4.69) is 15.6 Å². The number of amides is 1. The smallest absolute Gasteiger partial charge is 0.308 e. The van der Waals surface area contributed by atoms with Gasteiger partial charge in [0, 0.05) is 18.8 Å². The fourth-order valence-electron chi connectivity index (χ4n) is 4.00. The van der Waals surface area contributed by atoms with Crippen LogP contribution in [0.5, 0.6) is 0 Å². The molecule has 7 nitrogen and oxygen atoms in total. The maximum absolute atomic E-state index is 12.4. The van der Waals surface area contributed by atoms with Gasteiger partial charge >= 0.3 is 5.97 Å². The third-order valence-electron chi connectivity index (χ3n) is 5.72. The number of carbonyl (C=O) groups is 2. The first-order valence-corrected chi connectivity index (χ1v) is 9.77. The topological polar surface area (TPSA) is 85.2 Å². The van der Waals surface area contributed by atoms with Crippen LogP contribution in [-0.4, -0.2) is 47.7 Å². The summed E-state index contributed by atoms with van der Waals surface area (Å²) in [5.74, 6) is 0.484. The van der Waals surface area contributed by atoms with E-state index >= 15 is 0 Å². The third kappa shape index (κ3) is 6.94. The molecule has 1 aliphatic carbocycles. The van der Waals surface area contributed by atoms with E-state index in [1.807, 2.05) is 10.8 Å². The van der Waals surface area contributed by atoms with Crippen molar-refractivity contribution < 1.29 is 14.3 Å². The van der Waals surface area contributed by atoms with Crippen molar-refractivity contribution in [1.29, 1.82) is 0 Å². The van der Waals surface area contributed by atoms with E-state index in [1.54, 1.807) is 6.33 Å². The lowest BCUT2D eigenvalue weighted by molar-refractivity contribution is -0.146. The van der Waals surface area contributed by atoms with Gasteiger partial charge in [-0.05, 0) is 64.0 Å². The lowest BCUT2D eigenvalue weighted by Crippen LogP contribution is -2.39. The van der Waals surface area contributed by atoms with Crippen LogP contribution in [0, 0.1) is 11.8 Å². The van der Waals surface area contributed by atoms with Gasteiger partial charge < -0.3 is 19.9 Å². The fourth-order valence-corrected chi connectivity index (χ4v) is 4.00. The number of hydrogen-bond acceptors (Lipinski definition) is 5. The Morgan fingerprint density at radius 1 is 1.18 bits per heavy atom. The fraction of sp³-hybridized carbons (Fsp3) is 0.737. The van der Waals surface area contributed by atoms with E-state index in [0.717, 1.165) is 57.7 Å². The Bertz CT molecular complexity index is 612. The first-order valence-electron chi connectivity index (χ1n) is 9.77. The van der Waals surface area contributed by atoms with Gasteiger partial charge in [-0.25, -0.2) is 4.98 Å². The number of hydrogen-bond donors (Lipinski definition) is 2. The van der Waals surface area contributed by atoms with Gasteiger partial charge in [-0.15, -0.1) is 24.8 Å². The molecule has 0 aromatic carbocycles. The Balaban J connectivity index is 0.00000196. The molecule has 9 heteroatoms. The molecule has 2 fully saturated rings. The summed E-state index contributed by atoms with van der Waals surface area (Å²) in [6, 6.07) is 0.114. The summed E-state index contributed by atoms with van der Waals surface area (Å²) < 4.78 is 6.82. The lowest BCUT2D eigenvalue weighted by atomic mass is 9.86. The Morgan fingerprint density at radius 3 is 2.50 bits per heavy atom. The molecule has 1 saturated carbocycles. The monoisotopic (exact) mass is 434 g/mol. The molecule has 2 heterocycles. The normalized spacial score (nSPS) is 22.5. The maximum atomic E-state index is 12.4. The first kappa shape index (κ1) is 24.7. The first-order chi connectivity index (χ1) is 12.7. The van der Waals surface area contributed by atoms with Crippen LogP contribution in [0.15, 0.2) is 12.5 Å². The number of carbonyl (C=O) groups excluding carboxylic acids is 2. The molecule has 1 aromatic heterocycles.